The van der Waals surface area contributed by atoms with E-state index in [1.165, 1.54) is 6.92 Å². The summed E-state index contributed by atoms with van der Waals surface area (Å²) in [6, 6.07) is -2.07. The maximum absolute atomic E-state index is 14.5. The van der Waals surface area contributed by atoms with Crippen molar-refractivity contribution in [3.63, 3.8) is 0 Å². The van der Waals surface area contributed by atoms with Crippen molar-refractivity contribution in [2.24, 2.45) is 23.7 Å². The predicted octanol–water partition coefficient (Wildman–Crippen LogP) is 2.07. The van der Waals surface area contributed by atoms with Gasteiger partial charge in [-0.1, -0.05) is 72.1 Å². The summed E-state index contributed by atoms with van der Waals surface area (Å²) in [4.78, 5) is 122. The smallest absolute Gasteiger partial charge is 0.394 e. The van der Waals surface area contributed by atoms with Crippen LogP contribution < -0.4 is 26.6 Å². The largest absolute Gasteiger partial charge is 0.472 e. The lowest BCUT2D eigenvalue weighted by Gasteiger charge is -2.42. The molecule has 38 heteroatoms. The fourth-order valence-corrected chi connectivity index (χ4v) is 15.0. The zero-order valence-electron chi connectivity index (χ0n) is 65.4. The van der Waals surface area contributed by atoms with Gasteiger partial charge in [0.2, 0.25) is 29.5 Å². The summed E-state index contributed by atoms with van der Waals surface area (Å²) in [6.07, 6.45) is -3.16. The van der Waals surface area contributed by atoms with Crippen LogP contribution in [0.3, 0.4) is 0 Å². The molecule has 111 heavy (non-hydrogen) atoms. The number of Topliss-reactive ketones (excluding diaryl/α,β-unsaturated/α-hetero) is 2. The minimum absolute atomic E-state index is 0.0583. The predicted molar refractivity (Wildman–Crippen MR) is 398 cm³/mol. The van der Waals surface area contributed by atoms with Crippen molar-refractivity contribution in [2.75, 3.05) is 72.5 Å². The SMILES string of the molecule is CC(=O)NC1[C@H](OCCCCCC(=O)NCCCCC(CC(=O)C(CCCCNC(=O)CCCCCO[C@@H]2OC(CO)[C@H](O)[C@H](O)C2C)NC(=O)CCCCCO[C@@H]2OC(CO)[C@H](O)[C@H](O)C2C)C(=O)NCCCCCC(=O)CCCCCCCOP(=O)(O)OC[C@H]2O[C@@H](C)C(C)[C@@H]2OP(=O)(O)O)OC(CO)[C@H](O)[C@@H]1O. The highest BCUT2D eigenvalue weighted by atomic mass is 31.2. The average molecular weight is 1640 g/mol. The Morgan fingerprint density at radius 1 is 0.441 bits per heavy atom. The molecule has 4 heterocycles. The maximum Gasteiger partial charge on any atom is 0.472 e. The number of aliphatic hydroxyl groups is 9. The standard InChI is InChI=1S/C73H133N5O31P2/c1-46-49(4)105-58(69(46)109-110(95,96)97)45-104-111(98,99)103-40-26-8-6-7-13-28-52(83)29-14-9-20-36-76-70(94)51(27-18-21-34-74-59(85)32-16-11-25-39-102-73-62(77-50(5)82)68(93)67(92)57(44-81)108-73)41-54(84)53(78-61(87)33-17-12-24-38-101-72-48(3)64(89)66(91)56(43-80)107-72)30-19-22-35-75-60(86)31-15-10-23-37-100-71-47(2)63(88)65(90)55(42-79)106-71/h46-49,51,53,55-58,62-69,71-73,79-81,88-93H,6-45H2,1-5H3,(H,74,85)(H,75,86)(H,76,94)(H,77,82)(H,78,87)(H,98,99)(H2,95,96,97)/t46?,47?,48?,49-,51?,53?,55?,56?,57?,58+,62?,63+,64+,65-,66-,67-,68+,69-,71+,72+,73+/m0/s1. The Morgan fingerprint density at radius 2 is 0.865 bits per heavy atom. The second-order valence-electron chi connectivity index (χ2n) is 29.8. The number of amides is 5. The van der Waals surface area contributed by atoms with Gasteiger partial charge in [0.25, 0.3) is 0 Å². The first kappa shape index (κ1) is 99.6. The molecule has 4 rings (SSSR count). The van der Waals surface area contributed by atoms with Gasteiger partial charge in [-0.25, -0.2) is 9.13 Å². The molecule has 4 aliphatic rings. The molecule has 0 radical (unpaired) electrons. The van der Waals surface area contributed by atoms with Crippen LogP contribution in [0, 0.1) is 23.7 Å². The summed E-state index contributed by atoms with van der Waals surface area (Å²) in [5.74, 6) is -4.26. The first-order valence-corrected chi connectivity index (χ1v) is 43.0. The first-order chi connectivity index (χ1) is 52.8. The monoisotopic (exact) mass is 1640 g/mol. The molecule has 10 unspecified atom stereocenters. The summed E-state index contributed by atoms with van der Waals surface area (Å²) in [5, 5.41) is 105. The van der Waals surface area contributed by atoms with Gasteiger partial charge in [0.15, 0.2) is 24.7 Å². The number of carbonyl (C=O) groups is 7. The van der Waals surface area contributed by atoms with Crippen LogP contribution in [-0.2, 0) is 89.4 Å². The van der Waals surface area contributed by atoms with Crippen molar-refractivity contribution < 1.29 is 150 Å². The van der Waals surface area contributed by atoms with Gasteiger partial charge in [-0.05, 0) is 103 Å². The number of carbonyl (C=O) groups excluding carboxylic acids is 7. The van der Waals surface area contributed by atoms with Crippen molar-refractivity contribution in [3.8, 4) is 0 Å². The van der Waals surface area contributed by atoms with Crippen LogP contribution in [0.4, 0.5) is 0 Å². The first-order valence-electron chi connectivity index (χ1n) is 40.0. The molecular weight excluding hydrogens is 1500 g/mol. The molecule has 4 fully saturated rings. The molecule has 0 spiro atoms. The van der Waals surface area contributed by atoms with Crippen LogP contribution in [-0.4, -0.2) is 278 Å². The minimum Gasteiger partial charge on any atom is -0.394 e. The van der Waals surface area contributed by atoms with Gasteiger partial charge >= 0.3 is 15.6 Å². The fourth-order valence-electron chi connectivity index (χ4n) is 13.6. The van der Waals surface area contributed by atoms with Gasteiger partial charge in [0.05, 0.1) is 57.4 Å². The highest BCUT2D eigenvalue weighted by Crippen LogP contribution is 2.47. The van der Waals surface area contributed by atoms with Crippen molar-refractivity contribution >= 4 is 56.7 Å². The number of aliphatic hydroxyl groups excluding tert-OH is 9. The summed E-state index contributed by atoms with van der Waals surface area (Å²) in [5.41, 5.74) is 0. The Hall–Kier alpha value is -3.73. The molecule has 22 atom stereocenters. The molecule has 646 valence electrons. The average Bonchev–Trinajstić information content (AvgIpc) is 1.80. The second-order valence-corrected chi connectivity index (χ2v) is 32.5. The molecule has 0 aromatic carbocycles. The molecule has 0 saturated carbocycles. The summed E-state index contributed by atoms with van der Waals surface area (Å²) in [7, 11) is -9.38. The summed E-state index contributed by atoms with van der Waals surface area (Å²) < 4.78 is 78.9. The number of rotatable bonds is 60. The Labute approximate surface area is 652 Å². The molecule has 36 nitrogen and oxygen atoms in total. The van der Waals surface area contributed by atoms with E-state index in [0.717, 1.165) is 12.8 Å². The Morgan fingerprint density at radius 3 is 1.38 bits per heavy atom. The number of phosphoric ester groups is 2. The normalized spacial score (nSPS) is 28.7. The zero-order chi connectivity index (χ0) is 82.1. The van der Waals surface area contributed by atoms with E-state index in [0.29, 0.717) is 141 Å². The van der Waals surface area contributed by atoms with E-state index >= 15 is 0 Å². The third-order valence-corrected chi connectivity index (χ3v) is 22.2. The molecule has 0 aliphatic carbocycles. The molecule has 4 saturated heterocycles. The number of hydrogen-bond donors (Lipinski definition) is 17. The maximum atomic E-state index is 14.5. The second kappa shape index (κ2) is 54.3. The van der Waals surface area contributed by atoms with Crippen LogP contribution >= 0.6 is 15.6 Å². The molecule has 17 N–H and O–H groups in total. The van der Waals surface area contributed by atoms with E-state index in [2.05, 4.69) is 26.6 Å². The molecule has 0 aromatic rings. The van der Waals surface area contributed by atoms with E-state index in [-0.39, 0.29) is 113 Å². The van der Waals surface area contributed by atoms with Crippen molar-refractivity contribution in [1.29, 1.82) is 0 Å². The number of unbranched alkanes of at least 4 members (excludes halogenated alkanes) is 14. The van der Waals surface area contributed by atoms with Gasteiger partial charge in [-0.15, -0.1) is 0 Å². The van der Waals surface area contributed by atoms with E-state index in [9.17, 15) is 103 Å². The molecule has 4 aliphatic heterocycles. The lowest BCUT2D eigenvalue weighted by atomic mass is 9.91. The van der Waals surface area contributed by atoms with Gasteiger partial charge in [-0.2, -0.15) is 0 Å². The van der Waals surface area contributed by atoms with Gasteiger partial charge in [0.1, 0.15) is 66.8 Å². The highest BCUT2D eigenvalue weighted by molar-refractivity contribution is 7.47. The molecule has 5 amide bonds. The summed E-state index contributed by atoms with van der Waals surface area (Å²) in [6.45, 7) is 7.21. The number of ether oxygens (including phenoxy) is 7. The lowest BCUT2D eigenvalue weighted by Crippen LogP contribution is -2.64. The Bertz CT molecular complexity index is 2780. The van der Waals surface area contributed by atoms with E-state index < -0.39 is 176 Å². The fraction of sp³-hybridized carbons (Fsp3) is 0.904. The number of hydrogen-bond acceptors (Lipinski definition) is 28. The third kappa shape index (κ3) is 38.5. The molecule has 0 aromatic heterocycles. The quantitative estimate of drug-likeness (QED) is 0.0306. The Balaban J connectivity index is 1.28. The third-order valence-electron chi connectivity index (χ3n) is 20.7. The topological polar surface area (TPSA) is 549 Å². The van der Waals surface area contributed by atoms with E-state index in [1.807, 2.05) is 0 Å². The van der Waals surface area contributed by atoms with Gasteiger partial charge < -0.3 is 120 Å². The summed E-state index contributed by atoms with van der Waals surface area (Å²) >= 11 is 0. The van der Waals surface area contributed by atoms with Gasteiger partial charge in [-0.3, -0.25) is 47.1 Å². The van der Waals surface area contributed by atoms with Crippen LogP contribution in [0.15, 0.2) is 0 Å². The van der Waals surface area contributed by atoms with Crippen LogP contribution in [0.5, 0.6) is 0 Å². The molecule has 0 bridgehead atoms. The Kier molecular flexibility index (Phi) is 48.7. The van der Waals surface area contributed by atoms with Crippen LogP contribution in [0.25, 0.3) is 0 Å². The number of nitrogens with one attached hydrogen (secondary N) is 5. The minimum atomic E-state index is -4.87. The molecular formula is C73H133N5O31P2. The lowest BCUT2D eigenvalue weighted by molar-refractivity contribution is -0.282. The highest BCUT2D eigenvalue weighted by Gasteiger charge is 2.48. The van der Waals surface area contributed by atoms with E-state index in [4.69, 9.17) is 46.7 Å². The number of phosphoric acid groups is 2. The zero-order valence-corrected chi connectivity index (χ0v) is 67.2. The van der Waals surface area contributed by atoms with Crippen molar-refractivity contribution in [2.45, 2.75) is 325 Å². The van der Waals surface area contributed by atoms with E-state index in [1.54, 1.807) is 27.7 Å². The number of ketones is 2. The van der Waals surface area contributed by atoms with Crippen molar-refractivity contribution in [1.82, 2.24) is 26.6 Å². The van der Waals surface area contributed by atoms with Crippen molar-refractivity contribution in [3.05, 3.63) is 0 Å². The van der Waals surface area contributed by atoms with Crippen LogP contribution in [0.2, 0.25) is 0 Å². The van der Waals surface area contributed by atoms with Crippen LogP contribution in [0.1, 0.15) is 221 Å². The van der Waals surface area contributed by atoms with Gasteiger partial charge in [0, 0.05) is 109 Å².